The SMILES string of the molecule is Cc1cc(C)cc(Oc2ccc(C)cc2CBr)c1. The minimum atomic E-state index is 0.800. The summed E-state index contributed by atoms with van der Waals surface area (Å²) >= 11 is 3.50. The van der Waals surface area contributed by atoms with E-state index >= 15 is 0 Å². The molecule has 0 radical (unpaired) electrons. The molecule has 1 nitrogen and oxygen atoms in total. The van der Waals surface area contributed by atoms with Crippen molar-refractivity contribution in [2.75, 3.05) is 0 Å². The Kier molecular flexibility index (Phi) is 4.07. The minimum absolute atomic E-state index is 0.800. The molecule has 0 unspecified atom stereocenters. The number of hydrogen-bond acceptors (Lipinski definition) is 1. The van der Waals surface area contributed by atoms with Gasteiger partial charge in [0, 0.05) is 10.9 Å². The number of halogens is 1. The lowest BCUT2D eigenvalue weighted by molar-refractivity contribution is 0.477. The van der Waals surface area contributed by atoms with Crippen molar-refractivity contribution in [2.45, 2.75) is 26.1 Å². The lowest BCUT2D eigenvalue weighted by atomic mass is 10.1. The van der Waals surface area contributed by atoms with Gasteiger partial charge in [-0.1, -0.05) is 39.7 Å². The second-order valence-corrected chi connectivity index (χ2v) is 5.23. The molecular formula is C16H17BrO. The van der Waals surface area contributed by atoms with Gasteiger partial charge in [-0.05, 0) is 50.1 Å². The molecule has 94 valence electrons. The third-order valence-corrected chi connectivity index (χ3v) is 3.39. The van der Waals surface area contributed by atoms with Gasteiger partial charge in [-0.2, -0.15) is 0 Å². The van der Waals surface area contributed by atoms with Crippen LogP contribution in [0.2, 0.25) is 0 Å². The number of hydrogen-bond donors (Lipinski definition) is 0. The predicted molar refractivity (Wildman–Crippen MR) is 79.8 cm³/mol. The van der Waals surface area contributed by atoms with Gasteiger partial charge in [0.1, 0.15) is 11.5 Å². The molecule has 2 aromatic rings. The smallest absolute Gasteiger partial charge is 0.131 e. The molecule has 0 saturated heterocycles. The number of ether oxygens (including phenoxy) is 1. The molecule has 2 rings (SSSR count). The van der Waals surface area contributed by atoms with E-state index in [-0.39, 0.29) is 0 Å². The topological polar surface area (TPSA) is 9.23 Å². The van der Waals surface area contributed by atoms with Crippen LogP contribution in [0, 0.1) is 20.8 Å². The first-order valence-electron chi connectivity index (χ1n) is 6.00. The second-order valence-electron chi connectivity index (χ2n) is 4.67. The Morgan fingerprint density at radius 3 is 2.17 bits per heavy atom. The van der Waals surface area contributed by atoms with Crippen LogP contribution in [0.5, 0.6) is 11.5 Å². The molecule has 0 amide bonds. The molecule has 2 aromatic carbocycles. The maximum Gasteiger partial charge on any atom is 0.131 e. The average molecular weight is 305 g/mol. The van der Waals surface area contributed by atoms with Crippen LogP contribution in [0.4, 0.5) is 0 Å². The van der Waals surface area contributed by atoms with Crippen LogP contribution >= 0.6 is 15.9 Å². The molecule has 0 aromatic heterocycles. The first kappa shape index (κ1) is 13.2. The Morgan fingerprint density at radius 2 is 1.56 bits per heavy atom. The van der Waals surface area contributed by atoms with Crippen LogP contribution in [-0.2, 0) is 5.33 Å². The van der Waals surface area contributed by atoms with Crippen LogP contribution in [0.15, 0.2) is 36.4 Å². The van der Waals surface area contributed by atoms with E-state index in [9.17, 15) is 0 Å². The Hall–Kier alpha value is -1.28. The van der Waals surface area contributed by atoms with Gasteiger partial charge in [0.15, 0.2) is 0 Å². The third kappa shape index (κ3) is 3.14. The van der Waals surface area contributed by atoms with E-state index in [0.29, 0.717) is 0 Å². The van der Waals surface area contributed by atoms with Crippen molar-refractivity contribution < 1.29 is 4.74 Å². The molecule has 18 heavy (non-hydrogen) atoms. The van der Waals surface area contributed by atoms with Crippen molar-refractivity contribution in [3.63, 3.8) is 0 Å². The van der Waals surface area contributed by atoms with Gasteiger partial charge in [-0.15, -0.1) is 0 Å². The van der Waals surface area contributed by atoms with E-state index in [0.717, 1.165) is 16.8 Å². The van der Waals surface area contributed by atoms with Gasteiger partial charge in [0.05, 0.1) is 0 Å². The van der Waals surface area contributed by atoms with Crippen molar-refractivity contribution in [1.29, 1.82) is 0 Å². The van der Waals surface area contributed by atoms with E-state index in [1.807, 2.05) is 6.07 Å². The van der Waals surface area contributed by atoms with Gasteiger partial charge in [0.25, 0.3) is 0 Å². The summed E-state index contributed by atoms with van der Waals surface area (Å²) in [6.07, 6.45) is 0. The zero-order valence-electron chi connectivity index (χ0n) is 11.0. The van der Waals surface area contributed by atoms with Gasteiger partial charge >= 0.3 is 0 Å². The highest BCUT2D eigenvalue weighted by Crippen LogP contribution is 2.29. The highest BCUT2D eigenvalue weighted by atomic mass is 79.9. The zero-order valence-corrected chi connectivity index (χ0v) is 12.5. The summed E-state index contributed by atoms with van der Waals surface area (Å²) in [5.41, 5.74) is 4.86. The van der Waals surface area contributed by atoms with E-state index in [4.69, 9.17) is 4.74 Å². The summed E-state index contributed by atoms with van der Waals surface area (Å²) in [7, 11) is 0. The number of alkyl halides is 1. The van der Waals surface area contributed by atoms with Crippen molar-refractivity contribution in [1.82, 2.24) is 0 Å². The first-order valence-corrected chi connectivity index (χ1v) is 7.12. The van der Waals surface area contributed by atoms with E-state index in [1.54, 1.807) is 0 Å². The monoisotopic (exact) mass is 304 g/mol. The molecule has 0 aliphatic carbocycles. The van der Waals surface area contributed by atoms with Crippen LogP contribution < -0.4 is 4.74 Å². The van der Waals surface area contributed by atoms with Gasteiger partial charge in [-0.3, -0.25) is 0 Å². The maximum absolute atomic E-state index is 5.99. The summed E-state index contributed by atoms with van der Waals surface area (Å²) in [5.74, 6) is 1.82. The number of rotatable bonds is 3. The molecule has 0 atom stereocenters. The Balaban J connectivity index is 2.33. The van der Waals surface area contributed by atoms with Gasteiger partial charge in [-0.25, -0.2) is 0 Å². The highest BCUT2D eigenvalue weighted by molar-refractivity contribution is 9.08. The summed E-state index contributed by atoms with van der Waals surface area (Å²) < 4.78 is 5.99. The lowest BCUT2D eigenvalue weighted by Crippen LogP contribution is -1.91. The molecule has 2 heteroatoms. The molecule has 0 heterocycles. The lowest BCUT2D eigenvalue weighted by Gasteiger charge is -2.11. The fourth-order valence-electron chi connectivity index (χ4n) is 2.03. The van der Waals surface area contributed by atoms with Gasteiger partial charge < -0.3 is 4.74 Å². The molecule has 0 N–H and O–H groups in total. The molecule has 0 fully saturated rings. The Bertz CT molecular complexity index is 541. The summed E-state index contributed by atoms with van der Waals surface area (Å²) in [6, 6.07) is 12.5. The maximum atomic E-state index is 5.99. The normalized spacial score (nSPS) is 10.4. The predicted octanol–water partition coefficient (Wildman–Crippen LogP) is 5.30. The largest absolute Gasteiger partial charge is 0.457 e. The molecule has 0 aliphatic heterocycles. The van der Waals surface area contributed by atoms with E-state index in [2.05, 4.69) is 67.0 Å². The summed E-state index contributed by atoms with van der Waals surface area (Å²) in [5, 5.41) is 0.800. The van der Waals surface area contributed by atoms with Crippen molar-refractivity contribution >= 4 is 15.9 Å². The van der Waals surface area contributed by atoms with Crippen molar-refractivity contribution in [2.24, 2.45) is 0 Å². The quantitative estimate of drug-likeness (QED) is 0.699. The fourth-order valence-corrected chi connectivity index (χ4v) is 2.47. The Morgan fingerprint density at radius 1 is 0.889 bits per heavy atom. The number of benzene rings is 2. The highest BCUT2D eigenvalue weighted by Gasteiger charge is 2.05. The van der Waals surface area contributed by atoms with Crippen molar-refractivity contribution in [3.8, 4) is 11.5 Å². The van der Waals surface area contributed by atoms with E-state index < -0.39 is 0 Å². The zero-order chi connectivity index (χ0) is 13.1. The molecule has 0 spiro atoms. The van der Waals surface area contributed by atoms with Crippen LogP contribution in [0.3, 0.4) is 0 Å². The molecule has 0 saturated carbocycles. The minimum Gasteiger partial charge on any atom is -0.457 e. The average Bonchev–Trinajstić information content (AvgIpc) is 2.30. The van der Waals surface area contributed by atoms with E-state index in [1.165, 1.54) is 22.3 Å². The van der Waals surface area contributed by atoms with Crippen LogP contribution in [0.1, 0.15) is 22.3 Å². The third-order valence-electron chi connectivity index (χ3n) is 2.78. The second kappa shape index (κ2) is 5.57. The summed E-state index contributed by atoms with van der Waals surface area (Å²) in [6.45, 7) is 6.26. The standard InChI is InChI=1S/C16H17BrO/c1-11-4-5-16(14(7-11)10-17)18-15-8-12(2)6-13(3)9-15/h4-9H,10H2,1-3H3. The molecular weight excluding hydrogens is 288 g/mol. The molecule has 0 bridgehead atoms. The van der Waals surface area contributed by atoms with Gasteiger partial charge in [0.2, 0.25) is 0 Å². The van der Waals surface area contributed by atoms with Crippen LogP contribution in [0.25, 0.3) is 0 Å². The number of aryl methyl sites for hydroxylation is 3. The first-order chi connectivity index (χ1) is 8.58. The Labute approximate surface area is 117 Å². The fraction of sp³-hybridized carbons (Fsp3) is 0.250. The summed E-state index contributed by atoms with van der Waals surface area (Å²) in [4.78, 5) is 0. The van der Waals surface area contributed by atoms with Crippen molar-refractivity contribution in [3.05, 3.63) is 58.7 Å². The van der Waals surface area contributed by atoms with Crippen LogP contribution in [-0.4, -0.2) is 0 Å². The molecule has 0 aliphatic rings.